The molecule has 4 aromatic rings. The molecule has 0 atom stereocenters. The Bertz CT molecular complexity index is 1230. The van der Waals surface area contributed by atoms with E-state index in [4.69, 9.17) is 4.98 Å². The lowest BCUT2D eigenvalue weighted by molar-refractivity contribution is -0.116. The Balaban J connectivity index is 1.52. The molecular weight excluding hydrogens is 394 g/mol. The summed E-state index contributed by atoms with van der Waals surface area (Å²) in [6.07, 6.45) is 3.38. The van der Waals surface area contributed by atoms with Crippen molar-refractivity contribution in [1.29, 1.82) is 0 Å². The quantitative estimate of drug-likeness (QED) is 0.404. The maximum atomic E-state index is 12.4. The fraction of sp³-hybridized carbons (Fsp3) is 0.214. The first-order valence-electron chi connectivity index (χ1n) is 10.9. The van der Waals surface area contributed by atoms with Crippen LogP contribution in [0.25, 0.3) is 17.1 Å². The van der Waals surface area contributed by atoms with Gasteiger partial charge >= 0.3 is 0 Å². The number of rotatable bonds is 6. The van der Waals surface area contributed by atoms with Crippen molar-refractivity contribution in [2.24, 2.45) is 0 Å². The smallest absolute Gasteiger partial charge is 0.244 e. The number of benzene rings is 3. The number of nitrogens with zero attached hydrogens (tertiary/aromatic N) is 2. The first-order valence-corrected chi connectivity index (χ1v) is 10.9. The van der Waals surface area contributed by atoms with Gasteiger partial charge in [0, 0.05) is 12.6 Å². The van der Waals surface area contributed by atoms with E-state index >= 15 is 0 Å². The van der Waals surface area contributed by atoms with E-state index in [9.17, 15) is 4.79 Å². The Hall–Kier alpha value is -3.66. The minimum absolute atomic E-state index is 0.128. The summed E-state index contributed by atoms with van der Waals surface area (Å²) in [6.45, 7) is 7.73. The van der Waals surface area contributed by atoms with Gasteiger partial charge < -0.3 is 9.88 Å². The Morgan fingerprint density at radius 3 is 2.34 bits per heavy atom. The van der Waals surface area contributed by atoms with Gasteiger partial charge in [-0.15, -0.1) is 0 Å². The number of aromatic nitrogens is 2. The van der Waals surface area contributed by atoms with Gasteiger partial charge in [0.2, 0.25) is 5.91 Å². The van der Waals surface area contributed by atoms with Gasteiger partial charge in [0.1, 0.15) is 5.82 Å². The van der Waals surface area contributed by atoms with E-state index in [1.54, 1.807) is 6.08 Å². The predicted molar refractivity (Wildman–Crippen MR) is 131 cm³/mol. The van der Waals surface area contributed by atoms with Crippen LogP contribution in [0.1, 0.15) is 43.3 Å². The van der Waals surface area contributed by atoms with Crippen molar-refractivity contribution in [3.63, 3.8) is 0 Å². The number of hydrogen-bond acceptors (Lipinski definition) is 2. The molecule has 0 bridgehead atoms. The zero-order valence-electron chi connectivity index (χ0n) is 18.9. The maximum absolute atomic E-state index is 12.4. The Labute approximate surface area is 189 Å². The van der Waals surface area contributed by atoms with Gasteiger partial charge in [-0.2, -0.15) is 0 Å². The van der Waals surface area contributed by atoms with Gasteiger partial charge in [0.05, 0.1) is 17.6 Å². The number of hydrogen-bond donors (Lipinski definition) is 1. The molecule has 1 amide bonds. The summed E-state index contributed by atoms with van der Waals surface area (Å²) in [5, 5.41) is 2.98. The average molecular weight is 424 g/mol. The topological polar surface area (TPSA) is 46.9 Å². The van der Waals surface area contributed by atoms with E-state index in [-0.39, 0.29) is 11.3 Å². The lowest BCUT2D eigenvalue weighted by Gasteiger charge is -2.19. The standard InChI is InChI=1S/C28H29N3O/c1-28(2,3)23-16-13-22(14-17-23)20-31-25-12-8-7-11-24(25)30-26(31)19-29-27(32)18-15-21-9-5-4-6-10-21/h4-18H,19-20H2,1-3H3,(H,29,32)/b18-15-. The number of fused-ring (bicyclic) bond motifs is 1. The first kappa shape index (κ1) is 21.6. The zero-order chi connectivity index (χ0) is 22.6. The van der Waals surface area contributed by atoms with Gasteiger partial charge in [-0.3, -0.25) is 4.79 Å². The number of carbonyl (C=O) groups is 1. The highest BCUT2D eigenvalue weighted by molar-refractivity contribution is 5.91. The molecule has 32 heavy (non-hydrogen) atoms. The fourth-order valence-corrected chi connectivity index (χ4v) is 3.69. The monoisotopic (exact) mass is 423 g/mol. The summed E-state index contributed by atoms with van der Waals surface area (Å²) < 4.78 is 2.18. The third kappa shape index (κ3) is 5.14. The van der Waals surface area contributed by atoms with Crippen molar-refractivity contribution >= 4 is 23.0 Å². The lowest BCUT2D eigenvalue weighted by atomic mass is 9.87. The summed E-state index contributed by atoms with van der Waals surface area (Å²) >= 11 is 0. The third-order valence-corrected chi connectivity index (χ3v) is 5.54. The highest BCUT2D eigenvalue weighted by atomic mass is 16.1. The highest BCUT2D eigenvalue weighted by Crippen LogP contribution is 2.23. The number of para-hydroxylation sites is 2. The van der Waals surface area contributed by atoms with Crippen LogP contribution in [0.4, 0.5) is 0 Å². The number of amides is 1. The van der Waals surface area contributed by atoms with Gasteiger partial charge in [0.25, 0.3) is 0 Å². The van der Waals surface area contributed by atoms with Crippen LogP contribution in [0.2, 0.25) is 0 Å². The molecule has 0 saturated heterocycles. The summed E-state index contributed by atoms with van der Waals surface area (Å²) in [5.74, 6) is 0.703. The van der Waals surface area contributed by atoms with Crippen LogP contribution in [0, 0.1) is 0 Å². The van der Waals surface area contributed by atoms with Crippen molar-refractivity contribution in [3.8, 4) is 0 Å². The predicted octanol–water partition coefficient (Wildman–Crippen LogP) is 5.71. The average Bonchev–Trinajstić information content (AvgIpc) is 3.14. The first-order chi connectivity index (χ1) is 15.4. The van der Waals surface area contributed by atoms with Gasteiger partial charge in [-0.25, -0.2) is 4.98 Å². The molecule has 0 radical (unpaired) electrons. The largest absolute Gasteiger partial charge is 0.345 e. The van der Waals surface area contributed by atoms with E-state index in [0.29, 0.717) is 13.1 Å². The van der Waals surface area contributed by atoms with Crippen LogP contribution in [-0.4, -0.2) is 15.5 Å². The van der Waals surface area contributed by atoms with Crippen molar-refractivity contribution in [2.45, 2.75) is 39.3 Å². The molecule has 1 heterocycles. The molecule has 0 aliphatic carbocycles. The molecule has 1 aromatic heterocycles. The second-order valence-electron chi connectivity index (χ2n) is 9.01. The lowest BCUT2D eigenvalue weighted by Crippen LogP contribution is -2.23. The summed E-state index contributed by atoms with van der Waals surface area (Å²) in [5.41, 5.74) is 5.64. The Kier molecular flexibility index (Phi) is 6.22. The molecule has 4 rings (SSSR count). The maximum Gasteiger partial charge on any atom is 0.244 e. The van der Waals surface area contributed by atoms with Crippen LogP contribution in [0.15, 0.2) is 84.9 Å². The second kappa shape index (κ2) is 9.23. The molecule has 4 heteroatoms. The van der Waals surface area contributed by atoms with Crippen LogP contribution >= 0.6 is 0 Å². The van der Waals surface area contributed by atoms with Crippen LogP contribution in [-0.2, 0) is 23.3 Å². The van der Waals surface area contributed by atoms with E-state index in [0.717, 1.165) is 22.4 Å². The minimum atomic E-state index is -0.137. The highest BCUT2D eigenvalue weighted by Gasteiger charge is 2.14. The normalized spacial score (nSPS) is 11.8. The number of carbonyl (C=O) groups excluding carboxylic acids is 1. The Morgan fingerprint density at radius 1 is 0.938 bits per heavy atom. The van der Waals surface area contributed by atoms with Crippen molar-refractivity contribution < 1.29 is 4.79 Å². The third-order valence-electron chi connectivity index (χ3n) is 5.54. The molecule has 0 aliphatic rings. The van der Waals surface area contributed by atoms with E-state index in [1.807, 2.05) is 54.6 Å². The number of nitrogens with one attached hydrogen (secondary N) is 1. The molecule has 0 unspecified atom stereocenters. The molecule has 0 fully saturated rings. The van der Waals surface area contributed by atoms with Gasteiger partial charge in [-0.05, 0) is 40.3 Å². The zero-order valence-corrected chi connectivity index (χ0v) is 18.9. The van der Waals surface area contributed by atoms with E-state index < -0.39 is 0 Å². The number of imidazole rings is 1. The molecule has 0 spiro atoms. The fourth-order valence-electron chi connectivity index (χ4n) is 3.69. The van der Waals surface area contributed by atoms with E-state index in [2.05, 4.69) is 61.0 Å². The van der Waals surface area contributed by atoms with Crippen LogP contribution in [0.5, 0.6) is 0 Å². The molecular formula is C28H29N3O. The Morgan fingerprint density at radius 2 is 1.62 bits per heavy atom. The summed E-state index contributed by atoms with van der Waals surface area (Å²) in [7, 11) is 0. The molecule has 0 aliphatic heterocycles. The summed E-state index contributed by atoms with van der Waals surface area (Å²) in [6, 6.07) is 26.6. The van der Waals surface area contributed by atoms with Crippen molar-refractivity contribution in [1.82, 2.24) is 14.9 Å². The molecule has 3 aromatic carbocycles. The molecule has 4 nitrogen and oxygen atoms in total. The molecule has 162 valence electrons. The van der Waals surface area contributed by atoms with Crippen molar-refractivity contribution in [2.75, 3.05) is 0 Å². The van der Waals surface area contributed by atoms with Crippen LogP contribution < -0.4 is 5.32 Å². The van der Waals surface area contributed by atoms with E-state index in [1.165, 1.54) is 11.1 Å². The second-order valence-corrected chi connectivity index (χ2v) is 9.01. The molecule has 1 N–H and O–H groups in total. The summed E-state index contributed by atoms with van der Waals surface area (Å²) in [4.78, 5) is 17.2. The van der Waals surface area contributed by atoms with Gasteiger partial charge in [0.15, 0.2) is 0 Å². The minimum Gasteiger partial charge on any atom is -0.345 e. The van der Waals surface area contributed by atoms with Crippen LogP contribution in [0.3, 0.4) is 0 Å². The van der Waals surface area contributed by atoms with Crippen molar-refractivity contribution in [3.05, 3.63) is 107 Å². The SMILES string of the molecule is CC(C)(C)c1ccc(Cn2c(CNC(=O)/C=C\c3ccccc3)nc3ccccc32)cc1. The molecule has 0 saturated carbocycles. The van der Waals surface area contributed by atoms with Gasteiger partial charge in [-0.1, -0.05) is 87.5 Å².